The van der Waals surface area contributed by atoms with E-state index in [0.717, 1.165) is 50.0 Å². The molecule has 4 rings (SSSR count). The van der Waals surface area contributed by atoms with Gasteiger partial charge in [0.1, 0.15) is 0 Å². The molecule has 1 aromatic rings. The second-order valence-corrected chi connectivity index (χ2v) is 7.84. The summed E-state index contributed by atoms with van der Waals surface area (Å²) < 4.78 is 0. The lowest BCUT2D eigenvalue weighted by molar-refractivity contribution is 0.249. The number of likely N-dealkylation sites (tertiary alicyclic amines) is 2. The van der Waals surface area contributed by atoms with Crippen LogP contribution in [0, 0.1) is 5.92 Å². The first-order valence-corrected chi connectivity index (χ1v) is 10.2. The molecule has 4 heteroatoms. The van der Waals surface area contributed by atoms with E-state index in [2.05, 4.69) is 52.4 Å². The van der Waals surface area contributed by atoms with Crippen LogP contribution in [0.4, 0.5) is 0 Å². The van der Waals surface area contributed by atoms with Gasteiger partial charge in [-0.1, -0.05) is 30.3 Å². The van der Waals surface area contributed by atoms with E-state index in [9.17, 15) is 0 Å². The second kappa shape index (κ2) is 7.77. The van der Waals surface area contributed by atoms with E-state index in [0.29, 0.717) is 0 Å². The van der Waals surface area contributed by atoms with E-state index >= 15 is 0 Å². The summed E-state index contributed by atoms with van der Waals surface area (Å²) in [4.78, 5) is 10.2. The molecule has 2 aliphatic heterocycles. The third-order valence-electron chi connectivity index (χ3n) is 6.08. The van der Waals surface area contributed by atoms with Crippen LogP contribution >= 0.6 is 0 Å². The van der Waals surface area contributed by atoms with Gasteiger partial charge in [-0.25, -0.2) is 0 Å². The van der Waals surface area contributed by atoms with Gasteiger partial charge in [-0.3, -0.25) is 9.89 Å². The van der Waals surface area contributed by atoms with Crippen molar-refractivity contribution in [3.05, 3.63) is 35.9 Å². The number of hydrogen-bond donors (Lipinski definition) is 1. The minimum Gasteiger partial charge on any atom is -0.357 e. The van der Waals surface area contributed by atoms with Gasteiger partial charge in [-0.15, -0.1) is 0 Å². The molecule has 3 unspecified atom stereocenters. The molecule has 4 nitrogen and oxygen atoms in total. The Morgan fingerprint density at radius 1 is 1.16 bits per heavy atom. The van der Waals surface area contributed by atoms with Gasteiger partial charge in [0.2, 0.25) is 0 Å². The Bertz CT molecular complexity index is 579. The molecule has 1 aromatic carbocycles. The van der Waals surface area contributed by atoms with Crippen LogP contribution in [0.3, 0.4) is 0 Å². The van der Waals surface area contributed by atoms with E-state index in [4.69, 9.17) is 4.99 Å². The van der Waals surface area contributed by atoms with E-state index in [1.54, 1.807) is 0 Å². The fourth-order valence-corrected chi connectivity index (χ4v) is 4.53. The largest absolute Gasteiger partial charge is 0.357 e. The molecular formula is C21H32N4. The molecule has 136 valence electrons. The van der Waals surface area contributed by atoms with Crippen LogP contribution < -0.4 is 5.32 Å². The van der Waals surface area contributed by atoms with Gasteiger partial charge in [-0.2, -0.15) is 0 Å². The Morgan fingerprint density at radius 3 is 2.72 bits per heavy atom. The average Bonchev–Trinajstić information content (AvgIpc) is 3.04. The lowest BCUT2D eigenvalue weighted by atomic mass is 10.1. The van der Waals surface area contributed by atoms with Crippen LogP contribution in [0.25, 0.3) is 0 Å². The summed E-state index contributed by atoms with van der Waals surface area (Å²) in [6.45, 7) is 9.00. The Hall–Kier alpha value is -1.55. The Labute approximate surface area is 152 Å². The van der Waals surface area contributed by atoms with Crippen molar-refractivity contribution in [3.63, 3.8) is 0 Å². The third kappa shape index (κ3) is 4.00. The highest BCUT2D eigenvalue weighted by atomic mass is 15.3. The van der Waals surface area contributed by atoms with E-state index in [1.807, 2.05) is 0 Å². The maximum absolute atomic E-state index is 5.01. The summed E-state index contributed by atoms with van der Waals surface area (Å²) in [5, 5.41) is 3.53. The van der Waals surface area contributed by atoms with Crippen LogP contribution in [0.5, 0.6) is 0 Å². The predicted molar refractivity (Wildman–Crippen MR) is 104 cm³/mol. The first-order valence-electron chi connectivity index (χ1n) is 10.2. The lowest BCUT2D eigenvalue weighted by Gasteiger charge is -2.25. The summed E-state index contributed by atoms with van der Waals surface area (Å²) >= 11 is 0. The van der Waals surface area contributed by atoms with Gasteiger partial charge in [0.05, 0.1) is 0 Å². The maximum atomic E-state index is 5.01. The fourth-order valence-electron chi connectivity index (χ4n) is 4.53. The molecule has 0 aromatic heterocycles. The molecule has 0 radical (unpaired) electrons. The molecule has 3 atom stereocenters. The molecule has 1 N–H and O–H groups in total. The number of aliphatic imine (C=N–C) groups is 1. The molecule has 25 heavy (non-hydrogen) atoms. The number of benzene rings is 1. The first-order chi connectivity index (χ1) is 12.3. The third-order valence-corrected chi connectivity index (χ3v) is 6.08. The van der Waals surface area contributed by atoms with Crippen molar-refractivity contribution in [3.8, 4) is 0 Å². The minimum atomic E-state index is 0.726. The zero-order valence-corrected chi connectivity index (χ0v) is 15.5. The number of hydrogen-bond acceptors (Lipinski definition) is 2. The second-order valence-electron chi connectivity index (χ2n) is 7.84. The van der Waals surface area contributed by atoms with Crippen molar-refractivity contribution in [2.75, 3.05) is 39.3 Å². The molecule has 2 heterocycles. The van der Waals surface area contributed by atoms with E-state index in [-0.39, 0.29) is 0 Å². The summed E-state index contributed by atoms with van der Waals surface area (Å²) in [5.41, 5.74) is 1.49. The zero-order valence-electron chi connectivity index (χ0n) is 15.5. The van der Waals surface area contributed by atoms with Crippen molar-refractivity contribution in [1.29, 1.82) is 0 Å². The standard InChI is InChI=1S/C21H32N4/c1-2-22-21(25-13-10-19(16-25)24-11-6-7-12-24)23-15-18-14-20(18)17-8-4-3-5-9-17/h3-5,8-9,18-20H,2,6-7,10-16H2,1H3,(H,22,23). The normalized spacial score (nSPS) is 30.0. The number of nitrogens with one attached hydrogen (secondary N) is 1. The van der Waals surface area contributed by atoms with Crippen molar-refractivity contribution in [1.82, 2.24) is 15.1 Å². The van der Waals surface area contributed by atoms with Crippen molar-refractivity contribution >= 4 is 5.96 Å². The van der Waals surface area contributed by atoms with Gasteiger partial charge in [0.15, 0.2) is 5.96 Å². The van der Waals surface area contributed by atoms with Gasteiger partial charge in [0.25, 0.3) is 0 Å². The molecule has 2 saturated heterocycles. The van der Waals surface area contributed by atoms with Crippen LogP contribution in [0.15, 0.2) is 35.3 Å². The molecular weight excluding hydrogens is 308 g/mol. The van der Waals surface area contributed by atoms with Crippen LogP contribution in [0.2, 0.25) is 0 Å². The maximum Gasteiger partial charge on any atom is 0.193 e. The van der Waals surface area contributed by atoms with Crippen LogP contribution in [-0.4, -0.2) is 61.1 Å². The van der Waals surface area contributed by atoms with Gasteiger partial charge in [0, 0.05) is 32.2 Å². The average molecular weight is 341 g/mol. The highest BCUT2D eigenvalue weighted by Gasteiger charge is 2.38. The molecule has 3 aliphatic rings. The highest BCUT2D eigenvalue weighted by Crippen LogP contribution is 2.47. The van der Waals surface area contributed by atoms with Gasteiger partial charge >= 0.3 is 0 Å². The molecule has 0 bridgehead atoms. The number of nitrogens with zero attached hydrogens (tertiary/aromatic N) is 3. The quantitative estimate of drug-likeness (QED) is 0.660. The van der Waals surface area contributed by atoms with Crippen LogP contribution in [0.1, 0.15) is 44.1 Å². The highest BCUT2D eigenvalue weighted by molar-refractivity contribution is 5.80. The zero-order chi connectivity index (χ0) is 17.1. The molecule has 1 saturated carbocycles. The molecule has 0 amide bonds. The van der Waals surface area contributed by atoms with Crippen molar-refractivity contribution in [2.24, 2.45) is 10.9 Å². The first kappa shape index (κ1) is 16.9. The minimum absolute atomic E-state index is 0.726. The summed E-state index contributed by atoms with van der Waals surface area (Å²) in [6, 6.07) is 11.7. The number of guanidine groups is 1. The molecule has 3 fully saturated rings. The summed E-state index contributed by atoms with van der Waals surface area (Å²) in [5.74, 6) is 2.60. The Morgan fingerprint density at radius 2 is 1.96 bits per heavy atom. The summed E-state index contributed by atoms with van der Waals surface area (Å²) in [6.07, 6.45) is 5.35. The fraction of sp³-hybridized carbons (Fsp3) is 0.667. The predicted octanol–water partition coefficient (Wildman–Crippen LogP) is 2.93. The van der Waals surface area contributed by atoms with Crippen molar-refractivity contribution in [2.45, 2.75) is 44.6 Å². The molecule has 0 spiro atoms. The molecule has 1 aliphatic carbocycles. The monoisotopic (exact) mass is 340 g/mol. The van der Waals surface area contributed by atoms with E-state index < -0.39 is 0 Å². The topological polar surface area (TPSA) is 30.9 Å². The Balaban J connectivity index is 1.33. The van der Waals surface area contributed by atoms with E-state index in [1.165, 1.54) is 44.3 Å². The lowest BCUT2D eigenvalue weighted by Crippen LogP contribution is -2.42. The Kier molecular flexibility index (Phi) is 5.25. The smallest absolute Gasteiger partial charge is 0.193 e. The van der Waals surface area contributed by atoms with Crippen LogP contribution in [-0.2, 0) is 0 Å². The SMILES string of the molecule is CCNC(=NCC1CC1c1ccccc1)N1CCC(N2CCCC2)C1. The van der Waals surface area contributed by atoms with Gasteiger partial charge < -0.3 is 10.2 Å². The summed E-state index contributed by atoms with van der Waals surface area (Å²) in [7, 11) is 0. The van der Waals surface area contributed by atoms with Gasteiger partial charge in [-0.05, 0) is 63.1 Å². The van der Waals surface area contributed by atoms with Crippen molar-refractivity contribution < 1.29 is 0 Å². The number of rotatable bonds is 5.